The number of rotatable bonds is 6. The van der Waals surface area contributed by atoms with Gasteiger partial charge in [0.2, 0.25) is 0 Å². The van der Waals surface area contributed by atoms with Crippen molar-refractivity contribution in [3.8, 4) is 5.75 Å². The van der Waals surface area contributed by atoms with Gasteiger partial charge in [0, 0.05) is 25.3 Å². The molecule has 0 radical (unpaired) electrons. The lowest BCUT2D eigenvalue weighted by Crippen LogP contribution is -2.32. The van der Waals surface area contributed by atoms with Crippen LogP contribution >= 0.6 is 0 Å². The first-order chi connectivity index (χ1) is 14.4. The Bertz CT molecular complexity index is 1250. The zero-order valence-electron chi connectivity index (χ0n) is 16.6. The Morgan fingerprint density at radius 3 is 2.73 bits per heavy atom. The smallest absolute Gasteiger partial charge is 0.330 e. The van der Waals surface area contributed by atoms with Crippen LogP contribution in [0.15, 0.2) is 40.1 Å². The Kier molecular flexibility index (Phi) is 5.11. The van der Waals surface area contributed by atoms with Gasteiger partial charge >= 0.3 is 5.69 Å². The van der Waals surface area contributed by atoms with Gasteiger partial charge in [0.05, 0.1) is 18.1 Å². The molecular formula is C21H21FN4O4. The Labute approximate surface area is 170 Å². The third kappa shape index (κ3) is 3.58. The van der Waals surface area contributed by atoms with Crippen LogP contribution in [0, 0.1) is 5.82 Å². The van der Waals surface area contributed by atoms with Crippen LogP contribution in [0.2, 0.25) is 0 Å². The molecule has 156 valence electrons. The van der Waals surface area contributed by atoms with E-state index in [-0.39, 0.29) is 40.8 Å². The summed E-state index contributed by atoms with van der Waals surface area (Å²) in [6.45, 7) is 2.37. The number of hydrogen-bond donors (Lipinski definition) is 1. The normalized spacial score (nSPS) is 13.4. The largest absolute Gasteiger partial charge is 0.494 e. The Morgan fingerprint density at radius 2 is 2.10 bits per heavy atom. The van der Waals surface area contributed by atoms with Gasteiger partial charge in [-0.25, -0.2) is 14.2 Å². The fraction of sp³-hybridized carbons (Fsp3) is 0.333. The third-order valence-corrected chi connectivity index (χ3v) is 5.20. The summed E-state index contributed by atoms with van der Waals surface area (Å²) < 4.78 is 20.4. The molecule has 2 heterocycles. The lowest BCUT2D eigenvalue weighted by molar-refractivity contribution is 0.0752. The van der Waals surface area contributed by atoms with E-state index in [1.807, 2.05) is 6.92 Å². The minimum atomic E-state index is -0.575. The molecule has 9 heteroatoms. The first-order valence-corrected chi connectivity index (χ1v) is 9.69. The van der Waals surface area contributed by atoms with Crippen molar-refractivity contribution in [3.63, 3.8) is 0 Å². The Balaban J connectivity index is 1.66. The molecule has 8 nitrogen and oxygen atoms in total. The van der Waals surface area contributed by atoms with Gasteiger partial charge in [-0.2, -0.15) is 0 Å². The highest BCUT2D eigenvalue weighted by Gasteiger charge is 2.28. The number of pyridine rings is 1. The molecule has 1 aromatic carbocycles. The van der Waals surface area contributed by atoms with Crippen molar-refractivity contribution in [3.05, 3.63) is 68.2 Å². The molecule has 0 spiro atoms. The zero-order valence-corrected chi connectivity index (χ0v) is 16.6. The van der Waals surface area contributed by atoms with Crippen molar-refractivity contribution in [2.45, 2.75) is 32.4 Å². The summed E-state index contributed by atoms with van der Waals surface area (Å²) in [4.78, 5) is 45.6. The highest BCUT2D eigenvalue weighted by Crippen LogP contribution is 2.34. The molecule has 0 unspecified atom stereocenters. The molecule has 0 saturated heterocycles. The minimum Gasteiger partial charge on any atom is -0.494 e. The number of hydrogen-bond acceptors (Lipinski definition) is 5. The maximum atomic E-state index is 14.0. The molecule has 2 aromatic heterocycles. The number of nitrogens with zero attached hydrogens (tertiary/aromatic N) is 3. The van der Waals surface area contributed by atoms with E-state index in [0.717, 1.165) is 12.8 Å². The molecule has 1 amide bonds. The summed E-state index contributed by atoms with van der Waals surface area (Å²) in [5.74, 6) is -0.713. The molecule has 30 heavy (non-hydrogen) atoms. The quantitative estimate of drug-likeness (QED) is 0.670. The molecule has 4 rings (SSSR count). The van der Waals surface area contributed by atoms with Gasteiger partial charge in [-0.3, -0.25) is 19.1 Å². The van der Waals surface area contributed by atoms with Crippen LogP contribution in [0.1, 0.15) is 41.7 Å². The van der Waals surface area contributed by atoms with E-state index in [2.05, 4.69) is 9.97 Å². The van der Waals surface area contributed by atoms with E-state index in [1.54, 1.807) is 6.07 Å². The molecule has 1 aliphatic rings. The number of amides is 1. The van der Waals surface area contributed by atoms with Crippen LogP contribution in [0.5, 0.6) is 5.75 Å². The van der Waals surface area contributed by atoms with Crippen molar-refractivity contribution in [1.82, 2.24) is 19.4 Å². The summed E-state index contributed by atoms with van der Waals surface area (Å²) in [5, 5.41) is 0.193. The van der Waals surface area contributed by atoms with Crippen LogP contribution in [0.25, 0.3) is 11.0 Å². The monoisotopic (exact) mass is 412 g/mol. The lowest BCUT2D eigenvalue weighted by atomic mass is 10.1. The van der Waals surface area contributed by atoms with Crippen LogP contribution < -0.4 is 16.0 Å². The van der Waals surface area contributed by atoms with E-state index in [1.165, 1.54) is 41.0 Å². The van der Waals surface area contributed by atoms with Gasteiger partial charge in [-0.15, -0.1) is 0 Å². The maximum absolute atomic E-state index is 14.0. The number of aromatic nitrogens is 3. The number of benzene rings is 1. The molecule has 1 N–H and O–H groups in total. The van der Waals surface area contributed by atoms with Gasteiger partial charge in [0.25, 0.3) is 11.5 Å². The maximum Gasteiger partial charge on any atom is 0.330 e. The van der Waals surface area contributed by atoms with Crippen molar-refractivity contribution in [2.75, 3.05) is 13.7 Å². The number of carbonyl (C=O) groups excluding carboxylic acids is 1. The van der Waals surface area contributed by atoms with Gasteiger partial charge in [-0.1, -0.05) is 6.07 Å². The van der Waals surface area contributed by atoms with E-state index >= 15 is 0 Å². The molecule has 3 aromatic rings. The Morgan fingerprint density at radius 1 is 1.33 bits per heavy atom. The van der Waals surface area contributed by atoms with E-state index in [4.69, 9.17) is 4.74 Å². The van der Waals surface area contributed by atoms with Crippen LogP contribution in [-0.4, -0.2) is 39.0 Å². The number of fused-ring (bicyclic) bond motifs is 1. The first kappa shape index (κ1) is 19.8. The second kappa shape index (κ2) is 7.74. The Hall–Kier alpha value is -3.49. The lowest BCUT2D eigenvalue weighted by Gasteiger charge is -2.21. The molecule has 0 aliphatic heterocycles. The fourth-order valence-electron chi connectivity index (χ4n) is 3.46. The molecule has 1 fully saturated rings. The standard InChI is InChI=1S/C21H21FN4O4/c1-3-25(11-12-4-7-17(30-2)16(22)8-12)20(28)13-9-15-18(23-10-13)26(14-5-6-14)21(29)24-19(15)27/h4,7-10,14H,3,5-6,11H2,1-2H3,(H,24,27,29). The van der Waals surface area contributed by atoms with Crippen molar-refractivity contribution >= 4 is 16.9 Å². The summed E-state index contributed by atoms with van der Waals surface area (Å²) >= 11 is 0. The number of methoxy groups -OCH3 is 1. The summed E-state index contributed by atoms with van der Waals surface area (Å²) in [6.07, 6.45) is 3.08. The summed E-state index contributed by atoms with van der Waals surface area (Å²) in [6, 6.07) is 6.02. The highest BCUT2D eigenvalue weighted by atomic mass is 19.1. The second-order valence-corrected chi connectivity index (χ2v) is 7.24. The van der Waals surface area contributed by atoms with Gasteiger partial charge < -0.3 is 9.64 Å². The summed E-state index contributed by atoms with van der Waals surface area (Å²) in [5.41, 5.74) is 0.0539. The number of ether oxygens (including phenoxy) is 1. The zero-order chi connectivity index (χ0) is 21.4. The highest BCUT2D eigenvalue weighted by molar-refractivity contribution is 5.96. The van der Waals surface area contributed by atoms with E-state index in [9.17, 15) is 18.8 Å². The molecule has 1 saturated carbocycles. The van der Waals surface area contributed by atoms with Gasteiger partial charge in [0.1, 0.15) is 5.65 Å². The predicted octanol–water partition coefficient (Wildman–Crippen LogP) is 2.23. The van der Waals surface area contributed by atoms with Gasteiger partial charge in [0.15, 0.2) is 11.6 Å². The molecular weight excluding hydrogens is 391 g/mol. The number of nitrogens with one attached hydrogen (secondary N) is 1. The van der Waals surface area contributed by atoms with Crippen LogP contribution in [0.3, 0.4) is 0 Å². The van der Waals surface area contributed by atoms with Gasteiger partial charge in [-0.05, 0) is 43.5 Å². The second-order valence-electron chi connectivity index (χ2n) is 7.24. The topological polar surface area (TPSA) is 97.3 Å². The third-order valence-electron chi connectivity index (χ3n) is 5.20. The first-order valence-electron chi connectivity index (χ1n) is 9.69. The number of carbonyl (C=O) groups is 1. The SMILES string of the molecule is CCN(Cc1ccc(OC)c(F)c1)C(=O)c1cnc2c(c1)c(=O)[nH]c(=O)n2C1CC1. The molecule has 0 atom stereocenters. The van der Waals surface area contributed by atoms with Crippen molar-refractivity contribution < 1.29 is 13.9 Å². The molecule has 1 aliphatic carbocycles. The van der Waals surface area contributed by atoms with Crippen LogP contribution in [-0.2, 0) is 6.54 Å². The van der Waals surface area contributed by atoms with Crippen molar-refractivity contribution in [2.24, 2.45) is 0 Å². The number of H-pyrrole nitrogens is 1. The predicted molar refractivity (Wildman–Crippen MR) is 108 cm³/mol. The van der Waals surface area contributed by atoms with E-state index in [0.29, 0.717) is 12.1 Å². The number of halogens is 1. The van der Waals surface area contributed by atoms with Crippen molar-refractivity contribution in [1.29, 1.82) is 0 Å². The van der Waals surface area contributed by atoms with E-state index < -0.39 is 17.1 Å². The fourth-order valence-corrected chi connectivity index (χ4v) is 3.46. The van der Waals surface area contributed by atoms with Crippen LogP contribution in [0.4, 0.5) is 4.39 Å². The number of aromatic amines is 1. The molecule has 0 bridgehead atoms. The average Bonchev–Trinajstić information content (AvgIpc) is 3.56. The minimum absolute atomic E-state index is 0.0306. The average molecular weight is 412 g/mol. The summed E-state index contributed by atoms with van der Waals surface area (Å²) in [7, 11) is 1.39.